The number of benzene rings is 1. The van der Waals surface area contributed by atoms with Crippen molar-refractivity contribution in [3.63, 3.8) is 0 Å². The van der Waals surface area contributed by atoms with E-state index in [-0.39, 0.29) is 5.82 Å². The molecule has 26 heavy (non-hydrogen) atoms. The molecule has 0 bridgehead atoms. The zero-order valence-corrected chi connectivity index (χ0v) is 17.9. The van der Waals surface area contributed by atoms with Crippen LogP contribution in [0.15, 0.2) is 46.9 Å². The van der Waals surface area contributed by atoms with Gasteiger partial charge in [0.2, 0.25) is 0 Å². The smallest absolute Gasteiger partial charge is 0.123 e. The van der Waals surface area contributed by atoms with Crippen molar-refractivity contribution in [2.45, 2.75) is 72.1 Å². The first-order chi connectivity index (χ1) is 12.5. The molecule has 146 valence electrons. The maximum absolute atomic E-state index is 13.0. The van der Waals surface area contributed by atoms with Crippen LogP contribution in [0.4, 0.5) is 4.39 Å². The SMILES string of the molecule is C=C(S/C=C(\C)CCCC(C)c1ccc(F)cc1)N(CCC)CCCC. The molecule has 1 atom stereocenters. The number of unbranched alkanes of at least 4 members (excludes halogenated alkanes) is 1. The van der Waals surface area contributed by atoms with Gasteiger partial charge in [0.25, 0.3) is 0 Å². The molecule has 0 aromatic heterocycles. The molecule has 0 fully saturated rings. The summed E-state index contributed by atoms with van der Waals surface area (Å²) in [7, 11) is 0. The lowest BCUT2D eigenvalue weighted by atomic mass is 9.95. The Morgan fingerprint density at radius 2 is 1.85 bits per heavy atom. The number of halogens is 1. The topological polar surface area (TPSA) is 3.24 Å². The molecule has 0 spiro atoms. The number of hydrogen-bond donors (Lipinski definition) is 0. The average Bonchev–Trinajstić information content (AvgIpc) is 2.63. The predicted octanol–water partition coefficient (Wildman–Crippen LogP) is 7.72. The minimum absolute atomic E-state index is 0.159. The van der Waals surface area contributed by atoms with Crippen LogP contribution < -0.4 is 0 Å². The molecule has 1 nitrogen and oxygen atoms in total. The van der Waals surface area contributed by atoms with Crippen LogP contribution in [0.3, 0.4) is 0 Å². The maximum atomic E-state index is 13.0. The summed E-state index contributed by atoms with van der Waals surface area (Å²) in [6.07, 6.45) is 6.99. The van der Waals surface area contributed by atoms with Gasteiger partial charge in [-0.1, -0.05) is 63.2 Å². The maximum Gasteiger partial charge on any atom is 0.123 e. The second-order valence-corrected chi connectivity index (χ2v) is 8.10. The molecule has 0 amide bonds. The molecule has 3 heteroatoms. The number of thioether (sulfide) groups is 1. The Morgan fingerprint density at radius 3 is 2.46 bits per heavy atom. The third-order valence-corrected chi connectivity index (χ3v) is 5.72. The quantitative estimate of drug-likeness (QED) is 0.346. The van der Waals surface area contributed by atoms with E-state index in [1.165, 1.54) is 29.0 Å². The van der Waals surface area contributed by atoms with Crippen LogP contribution >= 0.6 is 11.8 Å². The Bertz CT molecular complexity index is 550. The summed E-state index contributed by atoms with van der Waals surface area (Å²) in [5, 5.41) is 3.43. The molecule has 0 N–H and O–H groups in total. The highest BCUT2D eigenvalue weighted by Gasteiger charge is 2.07. The molecule has 0 saturated heterocycles. The fourth-order valence-corrected chi connectivity index (χ4v) is 3.71. The lowest BCUT2D eigenvalue weighted by molar-refractivity contribution is 0.360. The predicted molar refractivity (Wildman–Crippen MR) is 116 cm³/mol. The molecule has 0 heterocycles. The Hall–Kier alpha value is -1.22. The lowest BCUT2D eigenvalue weighted by Gasteiger charge is -2.25. The Labute approximate surface area is 164 Å². The minimum atomic E-state index is -0.159. The number of rotatable bonds is 13. The highest BCUT2D eigenvalue weighted by molar-refractivity contribution is 8.05. The highest BCUT2D eigenvalue weighted by Crippen LogP contribution is 2.26. The van der Waals surface area contributed by atoms with Crippen molar-refractivity contribution >= 4 is 11.8 Å². The number of nitrogens with zero attached hydrogens (tertiary/aromatic N) is 1. The summed E-state index contributed by atoms with van der Waals surface area (Å²) in [6, 6.07) is 6.92. The van der Waals surface area contributed by atoms with Crippen molar-refractivity contribution in [2.75, 3.05) is 13.1 Å². The summed E-state index contributed by atoms with van der Waals surface area (Å²) in [5.41, 5.74) is 2.64. The zero-order valence-electron chi connectivity index (χ0n) is 17.1. The standard InChI is InChI=1S/C23H36FNS/c1-6-8-17-25(16-7-2)21(5)26-18-19(3)10-9-11-20(4)22-12-14-23(24)15-13-22/h12-15,18,20H,5-11,16-17H2,1-4H3/b19-18+. The summed E-state index contributed by atoms with van der Waals surface area (Å²) in [5.74, 6) is 0.313. The van der Waals surface area contributed by atoms with Crippen LogP contribution in [0.2, 0.25) is 0 Å². The van der Waals surface area contributed by atoms with Gasteiger partial charge in [-0.2, -0.15) is 0 Å². The molecule has 0 aliphatic carbocycles. The van der Waals surface area contributed by atoms with Crippen LogP contribution in [0.1, 0.15) is 77.7 Å². The van der Waals surface area contributed by atoms with Crippen molar-refractivity contribution in [2.24, 2.45) is 0 Å². The van der Waals surface area contributed by atoms with E-state index in [0.29, 0.717) is 5.92 Å². The van der Waals surface area contributed by atoms with Crippen LogP contribution in [0.25, 0.3) is 0 Å². The summed E-state index contributed by atoms with van der Waals surface area (Å²) < 4.78 is 13.0. The van der Waals surface area contributed by atoms with E-state index < -0.39 is 0 Å². The number of hydrogen-bond acceptors (Lipinski definition) is 2. The van der Waals surface area contributed by atoms with Crippen molar-refractivity contribution in [3.05, 3.63) is 58.2 Å². The number of allylic oxidation sites excluding steroid dienone is 1. The second kappa shape index (κ2) is 13.0. The first-order valence-electron chi connectivity index (χ1n) is 9.99. The zero-order chi connectivity index (χ0) is 19.4. The van der Waals surface area contributed by atoms with Crippen molar-refractivity contribution in [1.82, 2.24) is 4.90 Å². The van der Waals surface area contributed by atoms with Gasteiger partial charge in [0.15, 0.2) is 0 Å². The van der Waals surface area contributed by atoms with Gasteiger partial charge in [-0.15, -0.1) is 0 Å². The van der Waals surface area contributed by atoms with Gasteiger partial charge >= 0.3 is 0 Å². The van der Waals surface area contributed by atoms with E-state index in [4.69, 9.17) is 0 Å². The van der Waals surface area contributed by atoms with E-state index in [1.807, 2.05) is 12.1 Å². The normalized spacial score (nSPS) is 12.9. The van der Waals surface area contributed by atoms with Crippen LogP contribution in [-0.2, 0) is 0 Å². The van der Waals surface area contributed by atoms with E-state index >= 15 is 0 Å². The fourth-order valence-electron chi connectivity index (χ4n) is 2.93. The van der Waals surface area contributed by atoms with Gasteiger partial charge < -0.3 is 4.90 Å². The first-order valence-corrected chi connectivity index (χ1v) is 10.9. The summed E-state index contributed by atoms with van der Waals surface area (Å²) in [4.78, 5) is 2.41. The Morgan fingerprint density at radius 1 is 1.15 bits per heavy atom. The van der Waals surface area contributed by atoms with Gasteiger partial charge in [0.05, 0.1) is 5.03 Å². The first kappa shape index (κ1) is 22.8. The van der Waals surface area contributed by atoms with Gasteiger partial charge in [0, 0.05) is 13.1 Å². The molecule has 1 aromatic carbocycles. The molecular formula is C23H36FNS. The fraction of sp³-hybridized carbons (Fsp3) is 0.565. The highest BCUT2D eigenvalue weighted by atomic mass is 32.2. The van der Waals surface area contributed by atoms with Gasteiger partial charge in [-0.25, -0.2) is 4.39 Å². The summed E-state index contributed by atoms with van der Waals surface area (Å²) in [6.45, 7) is 15.4. The van der Waals surface area contributed by atoms with Crippen LogP contribution in [0.5, 0.6) is 0 Å². The van der Waals surface area contributed by atoms with Gasteiger partial charge in [-0.3, -0.25) is 0 Å². The largest absolute Gasteiger partial charge is 0.367 e. The van der Waals surface area contributed by atoms with Crippen LogP contribution in [0, 0.1) is 5.82 Å². The van der Waals surface area contributed by atoms with Crippen molar-refractivity contribution in [1.29, 1.82) is 0 Å². The van der Waals surface area contributed by atoms with E-state index in [9.17, 15) is 4.39 Å². The van der Waals surface area contributed by atoms with E-state index in [0.717, 1.165) is 38.8 Å². The molecule has 1 unspecified atom stereocenters. The van der Waals surface area contributed by atoms with E-state index in [1.54, 1.807) is 23.9 Å². The second-order valence-electron chi connectivity index (χ2n) is 7.16. The molecule has 1 aromatic rings. The summed E-state index contributed by atoms with van der Waals surface area (Å²) >= 11 is 1.77. The van der Waals surface area contributed by atoms with Crippen molar-refractivity contribution < 1.29 is 4.39 Å². The molecule has 0 aliphatic rings. The molecule has 1 rings (SSSR count). The Kier molecular flexibility index (Phi) is 11.4. The monoisotopic (exact) mass is 377 g/mol. The van der Waals surface area contributed by atoms with Gasteiger partial charge in [0.1, 0.15) is 5.82 Å². The van der Waals surface area contributed by atoms with Crippen LogP contribution in [-0.4, -0.2) is 18.0 Å². The lowest BCUT2D eigenvalue weighted by Crippen LogP contribution is -2.22. The molecular weight excluding hydrogens is 341 g/mol. The minimum Gasteiger partial charge on any atom is -0.367 e. The molecule has 0 radical (unpaired) electrons. The molecule has 0 saturated carbocycles. The van der Waals surface area contributed by atoms with E-state index in [2.05, 4.69) is 44.6 Å². The van der Waals surface area contributed by atoms with Crippen molar-refractivity contribution in [3.8, 4) is 0 Å². The average molecular weight is 378 g/mol. The van der Waals surface area contributed by atoms with Gasteiger partial charge in [-0.05, 0) is 68.0 Å². The Balaban J connectivity index is 2.37. The molecule has 0 aliphatic heterocycles. The third kappa shape index (κ3) is 8.93. The third-order valence-electron chi connectivity index (χ3n) is 4.67.